The van der Waals surface area contributed by atoms with Crippen LogP contribution in [0.15, 0.2) is 77.8 Å². The molecule has 6 heteroatoms. The Kier molecular flexibility index (Phi) is 8.31. The summed E-state index contributed by atoms with van der Waals surface area (Å²) in [6.45, 7) is 2.14. The lowest BCUT2D eigenvalue weighted by atomic mass is 10.1. The number of nitrogens with zero attached hydrogens (tertiary/aromatic N) is 1. The van der Waals surface area contributed by atoms with Gasteiger partial charge >= 0.3 is 0 Å². The number of aliphatic imine (C=N–C) groups is 1. The lowest BCUT2D eigenvalue weighted by Gasteiger charge is -2.12. The van der Waals surface area contributed by atoms with Crippen molar-refractivity contribution in [3.8, 4) is 11.5 Å². The van der Waals surface area contributed by atoms with E-state index in [9.17, 15) is 0 Å². The van der Waals surface area contributed by atoms with Gasteiger partial charge < -0.3 is 25.3 Å². The Labute approximate surface area is 183 Å². The second kappa shape index (κ2) is 11.6. The van der Waals surface area contributed by atoms with Crippen molar-refractivity contribution in [2.24, 2.45) is 10.7 Å². The molecule has 3 rings (SSSR count). The SMILES string of the molecule is COc1ccc(CN=C(N)NCc2ccccc2COCc2ccccc2)cc1OC. The highest BCUT2D eigenvalue weighted by Gasteiger charge is 2.05. The zero-order valence-electron chi connectivity index (χ0n) is 18.0. The molecule has 0 aromatic heterocycles. The highest BCUT2D eigenvalue weighted by Crippen LogP contribution is 2.27. The summed E-state index contributed by atoms with van der Waals surface area (Å²) >= 11 is 0. The van der Waals surface area contributed by atoms with Crippen molar-refractivity contribution >= 4 is 5.96 Å². The Bertz CT molecular complexity index is 990. The van der Waals surface area contributed by atoms with E-state index in [1.807, 2.05) is 48.5 Å². The molecule has 0 bridgehead atoms. The Morgan fingerprint density at radius 1 is 0.806 bits per heavy atom. The predicted molar refractivity (Wildman–Crippen MR) is 123 cm³/mol. The van der Waals surface area contributed by atoms with Crippen LogP contribution in [-0.2, 0) is 31.0 Å². The number of guanidine groups is 1. The van der Waals surface area contributed by atoms with Crippen molar-refractivity contribution in [1.82, 2.24) is 5.32 Å². The Morgan fingerprint density at radius 3 is 2.26 bits per heavy atom. The van der Waals surface area contributed by atoms with Crippen molar-refractivity contribution in [2.75, 3.05) is 14.2 Å². The molecule has 3 aromatic rings. The highest BCUT2D eigenvalue weighted by molar-refractivity contribution is 5.77. The van der Waals surface area contributed by atoms with Crippen LogP contribution in [0, 0.1) is 0 Å². The maximum absolute atomic E-state index is 6.07. The van der Waals surface area contributed by atoms with Gasteiger partial charge in [0.05, 0.1) is 34.0 Å². The minimum absolute atomic E-state index is 0.384. The third-order valence-electron chi connectivity index (χ3n) is 4.83. The van der Waals surface area contributed by atoms with Crippen molar-refractivity contribution in [3.05, 3.63) is 95.1 Å². The fraction of sp³-hybridized carbons (Fsp3) is 0.240. The van der Waals surface area contributed by atoms with E-state index >= 15 is 0 Å². The quantitative estimate of drug-likeness (QED) is 0.383. The number of ether oxygens (including phenoxy) is 3. The molecule has 0 unspecified atom stereocenters. The number of nitrogens with two attached hydrogens (primary N) is 1. The summed E-state index contributed by atoms with van der Waals surface area (Å²) in [5.41, 5.74) is 10.5. The molecule has 0 atom stereocenters. The van der Waals surface area contributed by atoms with Crippen LogP contribution in [0.4, 0.5) is 0 Å². The number of nitrogens with one attached hydrogen (secondary N) is 1. The number of rotatable bonds is 10. The van der Waals surface area contributed by atoms with Crippen LogP contribution in [0.3, 0.4) is 0 Å². The first-order valence-corrected chi connectivity index (χ1v) is 10.1. The van der Waals surface area contributed by atoms with Gasteiger partial charge in [0, 0.05) is 6.54 Å². The first kappa shape index (κ1) is 22.2. The minimum atomic E-state index is 0.384. The zero-order valence-corrected chi connectivity index (χ0v) is 18.0. The van der Waals surface area contributed by atoms with E-state index in [4.69, 9.17) is 19.9 Å². The molecule has 0 saturated carbocycles. The molecular weight excluding hydrogens is 390 g/mol. The molecule has 0 amide bonds. The van der Waals surface area contributed by atoms with E-state index in [0.29, 0.717) is 43.8 Å². The molecule has 0 aliphatic heterocycles. The maximum atomic E-state index is 6.07. The fourth-order valence-electron chi connectivity index (χ4n) is 3.12. The summed E-state index contributed by atoms with van der Waals surface area (Å²) in [6.07, 6.45) is 0. The molecule has 0 heterocycles. The lowest BCUT2D eigenvalue weighted by molar-refractivity contribution is 0.106. The summed E-state index contributed by atoms with van der Waals surface area (Å²) in [7, 11) is 3.23. The highest BCUT2D eigenvalue weighted by atomic mass is 16.5. The molecule has 0 saturated heterocycles. The van der Waals surface area contributed by atoms with Gasteiger partial charge in [-0.15, -0.1) is 0 Å². The average molecular weight is 420 g/mol. The molecule has 3 N–H and O–H groups in total. The molecular formula is C25H29N3O3. The first-order chi connectivity index (χ1) is 15.2. The monoisotopic (exact) mass is 419 g/mol. The van der Waals surface area contributed by atoms with Crippen LogP contribution in [0.1, 0.15) is 22.3 Å². The normalized spacial score (nSPS) is 11.2. The van der Waals surface area contributed by atoms with Gasteiger partial charge in [-0.05, 0) is 34.4 Å². The molecule has 0 aliphatic rings. The number of benzene rings is 3. The van der Waals surface area contributed by atoms with E-state index in [1.165, 1.54) is 0 Å². The predicted octanol–water partition coefficient (Wildman–Crippen LogP) is 4.03. The fourth-order valence-corrected chi connectivity index (χ4v) is 3.12. The average Bonchev–Trinajstić information content (AvgIpc) is 2.82. The van der Waals surface area contributed by atoms with E-state index in [2.05, 4.69) is 34.6 Å². The van der Waals surface area contributed by atoms with Crippen molar-refractivity contribution < 1.29 is 14.2 Å². The summed E-state index contributed by atoms with van der Waals surface area (Å²) < 4.78 is 16.5. The standard InChI is InChI=1S/C25H29N3O3/c1-29-23-13-12-20(14-24(23)30-2)15-27-25(26)28-16-21-10-6-7-11-22(21)18-31-17-19-8-4-3-5-9-19/h3-14H,15-18H2,1-2H3,(H3,26,27,28). The number of hydrogen-bond acceptors (Lipinski definition) is 4. The molecule has 0 spiro atoms. The number of methoxy groups -OCH3 is 2. The largest absolute Gasteiger partial charge is 0.493 e. The van der Waals surface area contributed by atoms with E-state index < -0.39 is 0 Å². The van der Waals surface area contributed by atoms with Crippen LogP contribution in [-0.4, -0.2) is 20.2 Å². The van der Waals surface area contributed by atoms with Crippen LogP contribution in [0.5, 0.6) is 11.5 Å². The van der Waals surface area contributed by atoms with Crippen molar-refractivity contribution in [3.63, 3.8) is 0 Å². The molecule has 0 fully saturated rings. The zero-order chi connectivity index (χ0) is 21.9. The molecule has 0 radical (unpaired) electrons. The smallest absolute Gasteiger partial charge is 0.189 e. The third kappa shape index (κ3) is 6.76. The molecule has 162 valence electrons. The van der Waals surface area contributed by atoms with Crippen LogP contribution >= 0.6 is 0 Å². The van der Waals surface area contributed by atoms with Gasteiger partial charge in [-0.1, -0.05) is 60.7 Å². The summed E-state index contributed by atoms with van der Waals surface area (Å²) in [5, 5.41) is 3.19. The Morgan fingerprint density at radius 2 is 1.52 bits per heavy atom. The minimum Gasteiger partial charge on any atom is -0.493 e. The third-order valence-corrected chi connectivity index (χ3v) is 4.83. The second-order valence-corrected chi connectivity index (χ2v) is 6.99. The van der Waals surface area contributed by atoms with Gasteiger partial charge in [0.25, 0.3) is 0 Å². The molecule has 3 aromatic carbocycles. The van der Waals surface area contributed by atoms with E-state index in [-0.39, 0.29) is 0 Å². The van der Waals surface area contributed by atoms with E-state index in [1.54, 1.807) is 14.2 Å². The van der Waals surface area contributed by atoms with Crippen molar-refractivity contribution in [1.29, 1.82) is 0 Å². The first-order valence-electron chi connectivity index (χ1n) is 10.1. The topological polar surface area (TPSA) is 78.1 Å². The summed E-state index contributed by atoms with van der Waals surface area (Å²) in [5.74, 6) is 1.74. The van der Waals surface area contributed by atoms with Crippen LogP contribution in [0.2, 0.25) is 0 Å². The Hall–Kier alpha value is -3.51. The second-order valence-electron chi connectivity index (χ2n) is 6.99. The van der Waals surface area contributed by atoms with Gasteiger partial charge in [0.15, 0.2) is 17.5 Å². The van der Waals surface area contributed by atoms with Gasteiger partial charge in [-0.2, -0.15) is 0 Å². The maximum Gasteiger partial charge on any atom is 0.189 e. The van der Waals surface area contributed by atoms with Gasteiger partial charge in [-0.3, -0.25) is 0 Å². The lowest BCUT2D eigenvalue weighted by Crippen LogP contribution is -2.31. The van der Waals surface area contributed by atoms with Gasteiger partial charge in [0.1, 0.15) is 0 Å². The van der Waals surface area contributed by atoms with Crippen LogP contribution < -0.4 is 20.5 Å². The van der Waals surface area contributed by atoms with Crippen molar-refractivity contribution in [2.45, 2.75) is 26.3 Å². The molecule has 31 heavy (non-hydrogen) atoms. The van der Waals surface area contributed by atoms with Crippen LogP contribution in [0.25, 0.3) is 0 Å². The Balaban J connectivity index is 1.53. The van der Waals surface area contributed by atoms with Gasteiger partial charge in [0.2, 0.25) is 0 Å². The van der Waals surface area contributed by atoms with E-state index in [0.717, 1.165) is 22.3 Å². The molecule has 0 aliphatic carbocycles. The summed E-state index contributed by atoms with van der Waals surface area (Å²) in [4.78, 5) is 4.43. The summed E-state index contributed by atoms with van der Waals surface area (Å²) in [6, 6.07) is 24.0. The molecule has 6 nitrogen and oxygen atoms in total. The number of hydrogen-bond donors (Lipinski definition) is 2. The van der Waals surface area contributed by atoms with Gasteiger partial charge in [-0.25, -0.2) is 4.99 Å².